The molecule has 0 aromatic heterocycles. The van der Waals surface area contributed by atoms with Crippen molar-refractivity contribution >= 4 is 28.5 Å². The van der Waals surface area contributed by atoms with Crippen molar-refractivity contribution in [2.75, 3.05) is 19.8 Å². The molecule has 0 aliphatic carbocycles. The summed E-state index contributed by atoms with van der Waals surface area (Å²) < 4.78 is 6.33. The van der Waals surface area contributed by atoms with Crippen LogP contribution in [0.5, 0.6) is 5.75 Å². The van der Waals surface area contributed by atoms with E-state index in [9.17, 15) is 9.90 Å². The first-order valence-electron chi connectivity index (χ1n) is 6.00. The van der Waals surface area contributed by atoms with Gasteiger partial charge in [0.2, 0.25) is 0 Å². The number of ether oxygens (including phenoxy) is 1. The third-order valence-electron chi connectivity index (χ3n) is 3.15. The fourth-order valence-electron chi connectivity index (χ4n) is 2.09. The van der Waals surface area contributed by atoms with E-state index in [1.165, 1.54) is 0 Å². The third-order valence-corrected chi connectivity index (χ3v) is 3.82. The summed E-state index contributed by atoms with van der Waals surface area (Å²) in [6.07, 6.45) is 0.858. The zero-order valence-electron chi connectivity index (χ0n) is 10.2. The van der Waals surface area contributed by atoms with E-state index < -0.39 is 0 Å². The summed E-state index contributed by atoms with van der Waals surface area (Å²) in [6, 6.07) is 5.17. The van der Waals surface area contributed by atoms with E-state index in [0.717, 1.165) is 9.99 Å². The van der Waals surface area contributed by atoms with Crippen LogP contribution in [-0.4, -0.2) is 41.7 Å². The summed E-state index contributed by atoms with van der Waals surface area (Å²) in [5.74, 6) is -0.0667. The Morgan fingerprint density at radius 1 is 1.61 bits per heavy atom. The van der Waals surface area contributed by atoms with Crippen LogP contribution in [0.2, 0.25) is 0 Å². The van der Waals surface area contributed by atoms with Crippen molar-refractivity contribution in [3.05, 3.63) is 27.3 Å². The molecule has 4 nitrogen and oxygen atoms in total. The number of phenols is 1. The predicted octanol–water partition coefficient (Wildman–Crippen LogP) is 2.25. The van der Waals surface area contributed by atoms with Crippen molar-refractivity contribution in [2.45, 2.75) is 19.4 Å². The van der Waals surface area contributed by atoms with Gasteiger partial charge in [0.05, 0.1) is 24.8 Å². The Bertz CT molecular complexity index is 450. The monoisotopic (exact) mass is 361 g/mol. The summed E-state index contributed by atoms with van der Waals surface area (Å²) in [4.78, 5) is 14.2. The number of halogens is 1. The minimum absolute atomic E-state index is 0.0433. The number of phenolic OH excluding ortho intramolecular Hbond substituents is 1. The molecular weight excluding hydrogens is 345 g/mol. The predicted molar refractivity (Wildman–Crippen MR) is 76.8 cm³/mol. The van der Waals surface area contributed by atoms with E-state index in [4.69, 9.17) is 4.74 Å². The summed E-state index contributed by atoms with van der Waals surface area (Å²) in [5.41, 5.74) is 0.377. The molecular formula is C13H16INO3. The van der Waals surface area contributed by atoms with Crippen molar-refractivity contribution in [1.29, 1.82) is 0 Å². The zero-order chi connectivity index (χ0) is 13.1. The van der Waals surface area contributed by atoms with Gasteiger partial charge in [0.25, 0.3) is 5.91 Å². The highest BCUT2D eigenvalue weighted by Crippen LogP contribution is 2.23. The number of carbonyl (C=O) groups excluding carboxylic acids is 1. The molecule has 0 spiro atoms. The Labute approximate surface area is 120 Å². The SMILES string of the molecule is CCC1COCCN1C(=O)c1cc(I)ccc1O. The first kappa shape index (κ1) is 13.6. The largest absolute Gasteiger partial charge is 0.507 e. The molecule has 1 saturated heterocycles. The number of amides is 1. The van der Waals surface area contributed by atoms with Crippen molar-refractivity contribution in [3.8, 4) is 5.75 Å². The Hall–Kier alpha value is -0.820. The maximum absolute atomic E-state index is 12.4. The number of morpholine rings is 1. The summed E-state index contributed by atoms with van der Waals surface area (Å²) in [7, 11) is 0. The molecule has 0 bridgehead atoms. The van der Waals surface area contributed by atoms with Gasteiger partial charge in [-0.3, -0.25) is 4.79 Å². The Morgan fingerprint density at radius 2 is 2.39 bits per heavy atom. The summed E-state index contributed by atoms with van der Waals surface area (Å²) in [5, 5.41) is 9.81. The topological polar surface area (TPSA) is 49.8 Å². The highest BCUT2D eigenvalue weighted by molar-refractivity contribution is 14.1. The maximum Gasteiger partial charge on any atom is 0.258 e. The van der Waals surface area contributed by atoms with E-state index >= 15 is 0 Å². The molecule has 1 aromatic carbocycles. The van der Waals surface area contributed by atoms with E-state index in [-0.39, 0.29) is 17.7 Å². The number of benzene rings is 1. The van der Waals surface area contributed by atoms with Gasteiger partial charge in [-0.05, 0) is 47.2 Å². The minimum Gasteiger partial charge on any atom is -0.507 e. The van der Waals surface area contributed by atoms with Gasteiger partial charge < -0.3 is 14.7 Å². The molecule has 5 heteroatoms. The van der Waals surface area contributed by atoms with Crippen LogP contribution in [0.25, 0.3) is 0 Å². The van der Waals surface area contributed by atoms with Crippen molar-refractivity contribution in [1.82, 2.24) is 4.90 Å². The summed E-state index contributed by atoms with van der Waals surface area (Å²) >= 11 is 2.13. The number of aromatic hydroxyl groups is 1. The second kappa shape index (κ2) is 5.88. The van der Waals surface area contributed by atoms with Crippen LogP contribution in [0, 0.1) is 3.57 Å². The fraction of sp³-hybridized carbons (Fsp3) is 0.462. The number of nitrogens with zero attached hydrogens (tertiary/aromatic N) is 1. The fourth-order valence-corrected chi connectivity index (χ4v) is 2.59. The normalized spacial score (nSPS) is 19.9. The molecule has 1 atom stereocenters. The zero-order valence-corrected chi connectivity index (χ0v) is 12.4. The van der Waals surface area contributed by atoms with Gasteiger partial charge in [-0.1, -0.05) is 6.92 Å². The van der Waals surface area contributed by atoms with E-state index in [0.29, 0.717) is 25.3 Å². The first-order valence-corrected chi connectivity index (χ1v) is 7.08. The molecule has 18 heavy (non-hydrogen) atoms. The van der Waals surface area contributed by atoms with Crippen LogP contribution in [0.15, 0.2) is 18.2 Å². The lowest BCUT2D eigenvalue weighted by Gasteiger charge is -2.35. The minimum atomic E-state index is -0.110. The van der Waals surface area contributed by atoms with Crippen molar-refractivity contribution < 1.29 is 14.6 Å². The average molecular weight is 361 g/mol. The lowest BCUT2D eigenvalue weighted by Crippen LogP contribution is -2.48. The number of carbonyl (C=O) groups is 1. The van der Waals surface area contributed by atoms with Crippen LogP contribution in [0.3, 0.4) is 0 Å². The van der Waals surface area contributed by atoms with Crippen LogP contribution in [0.4, 0.5) is 0 Å². The first-order chi connectivity index (χ1) is 8.63. The molecule has 2 rings (SSSR count). The average Bonchev–Trinajstić information content (AvgIpc) is 2.40. The quantitative estimate of drug-likeness (QED) is 0.823. The molecule has 0 radical (unpaired) electrons. The Morgan fingerprint density at radius 3 is 3.11 bits per heavy atom. The van der Waals surface area contributed by atoms with Gasteiger partial charge in [-0.15, -0.1) is 0 Å². The number of hydrogen-bond acceptors (Lipinski definition) is 3. The van der Waals surface area contributed by atoms with E-state index in [2.05, 4.69) is 22.6 Å². The van der Waals surface area contributed by atoms with Gasteiger partial charge in [-0.2, -0.15) is 0 Å². The number of rotatable bonds is 2. The Balaban J connectivity index is 2.26. The highest BCUT2D eigenvalue weighted by Gasteiger charge is 2.28. The molecule has 1 amide bonds. The molecule has 1 aromatic rings. The van der Waals surface area contributed by atoms with Gasteiger partial charge >= 0.3 is 0 Å². The maximum atomic E-state index is 12.4. The second-order valence-corrected chi connectivity index (χ2v) is 5.54. The molecule has 1 fully saturated rings. The van der Waals surface area contributed by atoms with Gasteiger partial charge in [0.15, 0.2) is 0 Å². The number of hydrogen-bond donors (Lipinski definition) is 1. The molecule has 98 valence electrons. The summed E-state index contributed by atoms with van der Waals surface area (Å²) in [6.45, 7) is 3.76. The molecule has 1 N–H and O–H groups in total. The molecule has 1 aliphatic heterocycles. The lowest BCUT2D eigenvalue weighted by atomic mass is 10.1. The molecule has 1 heterocycles. The lowest BCUT2D eigenvalue weighted by molar-refractivity contribution is -0.00294. The van der Waals surface area contributed by atoms with Gasteiger partial charge in [0, 0.05) is 10.1 Å². The standard InChI is InChI=1S/C13H16INO3/c1-2-10-8-18-6-5-15(10)13(17)11-7-9(14)3-4-12(11)16/h3-4,7,10,16H,2,5-6,8H2,1H3. The van der Waals surface area contributed by atoms with Crippen LogP contribution < -0.4 is 0 Å². The molecule has 1 aliphatic rings. The third kappa shape index (κ3) is 2.77. The van der Waals surface area contributed by atoms with Crippen molar-refractivity contribution in [2.24, 2.45) is 0 Å². The van der Waals surface area contributed by atoms with Crippen LogP contribution >= 0.6 is 22.6 Å². The van der Waals surface area contributed by atoms with Gasteiger partial charge in [-0.25, -0.2) is 0 Å². The van der Waals surface area contributed by atoms with Crippen LogP contribution in [-0.2, 0) is 4.74 Å². The van der Waals surface area contributed by atoms with Gasteiger partial charge in [0.1, 0.15) is 5.75 Å². The molecule has 1 unspecified atom stereocenters. The smallest absolute Gasteiger partial charge is 0.258 e. The highest BCUT2D eigenvalue weighted by atomic mass is 127. The second-order valence-electron chi connectivity index (χ2n) is 4.30. The van der Waals surface area contributed by atoms with E-state index in [1.807, 2.05) is 6.92 Å². The van der Waals surface area contributed by atoms with E-state index in [1.54, 1.807) is 23.1 Å². The van der Waals surface area contributed by atoms with Crippen LogP contribution in [0.1, 0.15) is 23.7 Å². The molecule has 0 saturated carbocycles. The van der Waals surface area contributed by atoms with Crippen molar-refractivity contribution in [3.63, 3.8) is 0 Å². The Kier molecular flexibility index (Phi) is 4.45.